The quantitative estimate of drug-likeness (QED) is 0.195. The minimum absolute atomic E-state index is 0.0355. The number of fused-ring (bicyclic) bond motifs is 5. The lowest BCUT2D eigenvalue weighted by atomic mass is 9.74. The molecule has 8 rings (SSSR count). The summed E-state index contributed by atoms with van der Waals surface area (Å²) in [5.41, 5.74) is -1.22. The molecule has 2 saturated heterocycles. The number of ether oxygens (including phenoxy) is 6. The van der Waals surface area contributed by atoms with Gasteiger partial charge in [0.2, 0.25) is 12.1 Å². The smallest absolute Gasteiger partial charge is 0.266 e. The summed E-state index contributed by atoms with van der Waals surface area (Å²) < 4.78 is 36.3. The van der Waals surface area contributed by atoms with Gasteiger partial charge in [0, 0.05) is 40.0 Å². The summed E-state index contributed by atoms with van der Waals surface area (Å²) >= 11 is 0. The highest BCUT2D eigenvalue weighted by Gasteiger charge is 2.62. The summed E-state index contributed by atoms with van der Waals surface area (Å²) in [4.78, 5) is 28.7. The third-order valence-corrected chi connectivity index (χ3v) is 11.0. The topological polar surface area (TPSA) is 272 Å². The molecular formula is C36H38O17. The zero-order valence-electron chi connectivity index (χ0n) is 28.7. The second-order valence-electron chi connectivity index (χ2n) is 14.2. The van der Waals surface area contributed by atoms with Crippen LogP contribution in [-0.4, -0.2) is 119 Å². The van der Waals surface area contributed by atoms with Crippen LogP contribution in [0.25, 0.3) is 5.76 Å². The molecule has 0 saturated carbocycles. The lowest BCUT2D eigenvalue weighted by Gasteiger charge is -2.52. The van der Waals surface area contributed by atoms with E-state index in [-0.39, 0.29) is 39.1 Å². The molecule has 13 unspecified atom stereocenters. The predicted octanol–water partition coefficient (Wildman–Crippen LogP) is 0.586. The van der Waals surface area contributed by atoms with Crippen LogP contribution in [0.4, 0.5) is 0 Å². The number of carbonyl (C=O) groups excluding carboxylic acids is 2. The highest BCUT2D eigenvalue weighted by Crippen LogP contribution is 2.61. The molecule has 0 aromatic heterocycles. The molecule has 2 aromatic carbocycles. The molecule has 4 aliphatic heterocycles. The van der Waals surface area contributed by atoms with Gasteiger partial charge in [-0.15, -0.1) is 0 Å². The number of hydrogen-bond donors (Lipinski definition) is 9. The summed E-state index contributed by atoms with van der Waals surface area (Å²) in [6, 6.07) is 2.22. The molecule has 53 heavy (non-hydrogen) atoms. The first-order valence-electron chi connectivity index (χ1n) is 17.1. The van der Waals surface area contributed by atoms with Gasteiger partial charge >= 0.3 is 0 Å². The van der Waals surface area contributed by atoms with E-state index >= 15 is 0 Å². The third kappa shape index (κ3) is 4.86. The second-order valence-corrected chi connectivity index (χ2v) is 14.2. The van der Waals surface area contributed by atoms with Gasteiger partial charge in [-0.05, 0) is 33.8 Å². The van der Waals surface area contributed by atoms with Crippen LogP contribution in [0.2, 0.25) is 0 Å². The molecule has 2 aromatic rings. The molecule has 17 heteroatoms. The summed E-state index contributed by atoms with van der Waals surface area (Å²) in [5, 5.41) is 98.0. The number of ketones is 2. The molecule has 17 nitrogen and oxygen atoms in total. The monoisotopic (exact) mass is 742 g/mol. The van der Waals surface area contributed by atoms with Crippen molar-refractivity contribution in [1.82, 2.24) is 0 Å². The number of phenols is 3. The molecule has 6 aliphatic rings. The Kier molecular flexibility index (Phi) is 8.25. The highest BCUT2D eigenvalue weighted by molar-refractivity contribution is 6.15. The largest absolute Gasteiger partial charge is 0.508 e. The van der Waals surface area contributed by atoms with Crippen LogP contribution < -0.4 is 4.74 Å². The van der Waals surface area contributed by atoms with Gasteiger partial charge in [0.1, 0.15) is 71.5 Å². The van der Waals surface area contributed by atoms with Crippen molar-refractivity contribution in [3.05, 3.63) is 62.7 Å². The Balaban J connectivity index is 1.33. The van der Waals surface area contributed by atoms with Gasteiger partial charge in [-0.2, -0.15) is 0 Å². The maximum atomic E-state index is 14.5. The average Bonchev–Trinajstić information content (AvgIpc) is 3.10. The summed E-state index contributed by atoms with van der Waals surface area (Å²) in [6.07, 6.45) is -15.5. The van der Waals surface area contributed by atoms with E-state index in [0.717, 1.165) is 12.1 Å². The number of aliphatic hydroxyl groups is 6. The van der Waals surface area contributed by atoms with E-state index in [9.17, 15) is 55.5 Å². The first kappa shape index (κ1) is 35.9. The van der Waals surface area contributed by atoms with Crippen LogP contribution in [0.3, 0.4) is 0 Å². The summed E-state index contributed by atoms with van der Waals surface area (Å²) in [7, 11) is 0. The maximum absolute atomic E-state index is 14.5. The molecule has 2 fully saturated rings. The molecule has 284 valence electrons. The first-order valence-corrected chi connectivity index (χ1v) is 17.1. The van der Waals surface area contributed by atoms with Crippen molar-refractivity contribution in [1.29, 1.82) is 0 Å². The van der Waals surface area contributed by atoms with Crippen molar-refractivity contribution in [2.75, 3.05) is 6.61 Å². The number of benzene rings is 2. The van der Waals surface area contributed by atoms with Crippen molar-refractivity contribution in [3.8, 4) is 23.0 Å². The van der Waals surface area contributed by atoms with Crippen LogP contribution in [0.5, 0.6) is 23.0 Å². The van der Waals surface area contributed by atoms with Gasteiger partial charge in [0.05, 0.1) is 47.7 Å². The zero-order chi connectivity index (χ0) is 38.2. The van der Waals surface area contributed by atoms with Gasteiger partial charge < -0.3 is 74.4 Å². The van der Waals surface area contributed by atoms with Crippen molar-refractivity contribution >= 4 is 17.3 Å². The minimum atomic E-state index is -2.66. The third-order valence-electron chi connectivity index (χ3n) is 11.0. The first-order chi connectivity index (χ1) is 25.0. The Bertz CT molecular complexity index is 2000. The normalized spacial score (nSPS) is 38.8. The van der Waals surface area contributed by atoms with Gasteiger partial charge in [-0.25, -0.2) is 0 Å². The van der Waals surface area contributed by atoms with Gasteiger partial charge in [-0.3, -0.25) is 9.59 Å². The van der Waals surface area contributed by atoms with Crippen LogP contribution in [0.1, 0.15) is 84.2 Å². The van der Waals surface area contributed by atoms with E-state index in [1.54, 1.807) is 27.7 Å². The van der Waals surface area contributed by atoms with Crippen molar-refractivity contribution in [3.63, 3.8) is 0 Å². The van der Waals surface area contributed by atoms with E-state index in [0.29, 0.717) is 0 Å². The lowest BCUT2D eigenvalue weighted by molar-refractivity contribution is -0.305. The number of aromatic hydroxyl groups is 3. The van der Waals surface area contributed by atoms with Crippen molar-refractivity contribution in [2.24, 2.45) is 0 Å². The highest BCUT2D eigenvalue weighted by atomic mass is 16.7. The second kappa shape index (κ2) is 12.2. The average molecular weight is 743 g/mol. The number of carbonyl (C=O) groups is 2. The Labute approximate surface area is 300 Å². The van der Waals surface area contributed by atoms with E-state index in [1.165, 1.54) is 6.07 Å². The molecule has 0 amide bonds. The molecule has 4 heterocycles. The number of aliphatic hydroxyl groups excluding tert-OH is 6. The molecule has 2 aliphatic carbocycles. The molecule has 9 N–H and O–H groups in total. The maximum Gasteiger partial charge on any atom is 0.266 e. The van der Waals surface area contributed by atoms with Crippen LogP contribution in [0, 0.1) is 0 Å². The fraction of sp³-hybridized carbons (Fsp3) is 0.500. The Morgan fingerprint density at radius 3 is 2.19 bits per heavy atom. The number of rotatable bonds is 3. The zero-order valence-corrected chi connectivity index (χ0v) is 28.7. The Morgan fingerprint density at radius 2 is 1.49 bits per heavy atom. The van der Waals surface area contributed by atoms with E-state index < -0.39 is 132 Å². The summed E-state index contributed by atoms with van der Waals surface area (Å²) in [6.45, 7) is 5.56. The Hall–Kier alpha value is -4.14. The fourth-order valence-corrected chi connectivity index (χ4v) is 8.51. The predicted molar refractivity (Wildman–Crippen MR) is 174 cm³/mol. The molecule has 13 atom stereocenters. The van der Waals surface area contributed by atoms with Crippen molar-refractivity contribution < 1.29 is 84.0 Å². The molecule has 0 radical (unpaired) electrons. The van der Waals surface area contributed by atoms with Gasteiger partial charge in [-0.1, -0.05) is 0 Å². The van der Waals surface area contributed by atoms with Crippen molar-refractivity contribution in [2.45, 2.75) is 107 Å². The fourth-order valence-electron chi connectivity index (χ4n) is 8.51. The summed E-state index contributed by atoms with van der Waals surface area (Å²) in [5.74, 6) is -7.32. The SMILES string of the molecule is CC1OC(C)C2OC3(OC4C2=C1C(=O)c1c(OC2OC(CO)C(O)C(O)C2O)cc(O)cc14)C(=O)C=C(O)c1c(O)c2c(c(O)c13)C(O)C(C)OC2C. The van der Waals surface area contributed by atoms with Crippen LogP contribution >= 0.6 is 0 Å². The van der Waals surface area contributed by atoms with Crippen LogP contribution in [0.15, 0.2) is 29.4 Å². The molecule has 0 bridgehead atoms. The Morgan fingerprint density at radius 1 is 0.792 bits per heavy atom. The van der Waals surface area contributed by atoms with E-state index in [4.69, 9.17) is 28.4 Å². The van der Waals surface area contributed by atoms with Gasteiger partial charge in [0.15, 0.2) is 5.78 Å². The standard InChI is InChI=1S/C36H38O17/c1-9-19-23(26(41)11(3)48-9)30(45)25-22(29(19)44)15(39)7-18(40)36(25)52-33-12(4)49-10(2)20-24(33)34(53-36)14-5-13(38)6-16(21(14)28(20)43)50-35-32(47)31(46)27(42)17(8-37)51-35/h5-7,9-12,17,26-27,31-35,37-39,41-42,44-47H,8H2,1-4H3. The number of hydrogen-bond acceptors (Lipinski definition) is 17. The molecule has 1 spiro atoms. The minimum Gasteiger partial charge on any atom is -0.508 e. The number of Topliss-reactive ketones (excluding diaryl/α,β-unsaturated/α-hetero) is 1. The van der Waals surface area contributed by atoms with E-state index in [1.807, 2.05) is 0 Å². The number of phenolic OH excluding ortho intramolecular Hbond substituents is 3. The lowest BCUT2D eigenvalue weighted by Crippen LogP contribution is -2.60. The van der Waals surface area contributed by atoms with Crippen LogP contribution in [-0.2, 0) is 34.3 Å². The van der Waals surface area contributed by atoms with Gasteiger partial charge in [0.25, 0.3) is 5.79 Å². The van der Waals surface area contributed by atoms with E-state index in [2.05, 4.69) is 0 Å². The molecular weight excluding hydrogens is 704 g/mol.